The minimum atomic E-state index is 0.101. The molecule has 0 radical (unpaired) electrons. The number of carbonyl (C=O) groups excluding carboxylic acids is 1. The van der Waals surface area contributed by atoms with Crippen LogP contribution in [0.5, 0.6) is 0 Å². The van der Waals surface area contributed by atoms with Crippen LogP contribution in [0.4, 0.5) is 0 Å². The molecule has 0 fully saturated rings. The Balaban J connectivity index is 3.17. The summed E-state index contributed by atoms with van der Waals surface area (Å²) in [7, 11) is 0. The van der Waals surface area contributed by atoms with Gasteiger partial charge in [-0.3, -0.25) is 4.79 Å². The van der Waals surface area contributed by atoms with Crippen LogP contribution in [0.25, 0.3) is 0 Å². The van der Waals surface area contributed by atoms with Crippen LogP contribution in [-0.4, -0.2) is 38.4 Å². The molecular weight excluding hydrogens is 206 g/mol. The Labute approximate surface area is 98.7 Å². The number of carbonyl (C=O) groups is 1. The average molecular weight is 231 g/mol. The molecule has 0 rings (SSSR count). The summed E-state index contributed by atoms with van der Waals surface area (Å²) in [5.41, 5.74) is 0. The fraction of sp³-hybridized carbons (Fsp3) is 0.917. The second-order valence-corrected chi connectivity index (χ2v) is 3.92. The van der Waals surface area contributed by atoms with Crippen LogP contribution in [0.3, 0.4) is 0 Å². The van der Waals surface area contributed by atoms with Crippen LogP contribution in [0.15, 0.2) is 0 Å². The monoisotopic (exact) mass is 231 g/mol. The first-order valence-electron chi connectivity index (χ1n) is 6.12. The SMILES string of the molecule is CCOCCNC(=O)CCCCOC(C)C. The number of nitrogens with one attached hydrogen (secondary N) is 1. The second kappa shape index (κ2) is 10.9. The fourth-order valence-electron chi connectivity index (χ4n) is 1.20. The average Bonchev–Trinajstić information content (AvgIpc) is 2.23. The topological polar surface area (TPSA) is 47.6 Å². The third-order valence-corrected chi connectivity index (χ3v) is 2.02. The number of hydrogen-bond acceptors (Lipinski definition) is 3. The molecule has 0 aromatic rings. The van der Waals surface area contributed by atoms with Crippen molar-refractivity contribution in [3.63, 3.8) is 0 Å². The largest absolute Gasteiger partial charge is 0.380 e. The van der Waals surface area contributed by atoms with Gasteiger partial charge in [0.15, 0.2) is 0 Å². The van der Waals surface area contributed by atoms with Crippen molar-refractivity contribution in [2.24, 2.45) is 0 Å². The van der Waals surface area contributed by atoms with Crippen molar-refractivity contribution >= 4 is 5.91 Å². The predicted octanol–water partition coefficient (Wildman–Crippen LogP) is 1.73. The van der Waals surface area contributed by atoms with Gasteiger partial charge in [-0.15, -0.1) is 0 Å². The molecule has 1 amide bonds. The van der Waals surface area contributed by atoms with Crippen LogP contribution < -0.4 is 5.32 Å². The van der Waals surface area contributed by atoms with Crippen molar-refractivity contribution < 1.29 is 14.3 Å². The molecule has 0 saturated carbocycles. The van der Waals surface area contributed by atoms with E-state index in [1.807, 2.05) is 20.8 Å². The molecule has 0 bridgehead atoms. The van der Waals surface area contributed by atoms with Crippen molar-refractivity contribution in [1.82, 2.24) is 5.32 Å². The summed E-state index contributed by atoms with van der Waals surface area (Å²) < 4.78 is 10.5. The zero-order valence-corrected chi connectivity index (χ0v) is 10.8. The Morgan fingerprint density at radius 1 is 1.25 bits per heavy atom. The molecule has 0 atom stereocenters. The van der Waals surface area contributed by atoms with E-state index in [0.717, 1.165) is 19.4 Å². The highest BCUT2D eigenvalue weighted by Gasteiger charge is 2.00. The molecular formula is C12H25NO3. The van der Waals surface area contributed by atoms with E-state index >= 15 is 0 Å². The lowest BCUT2D eigenvalue weighted by atomic mass is 10.2. The smallest absolute Gasteiger partial charge is 0.220 e. The summed E-state index contributed by atoms with van der Waals surface area (Å²) in [4.78, 5) is 11.3. The third-order valence-electron chi connectivity index (χ3n) is 2.02. The zero-order chi connectivity index (χ0) is 12.2. The summed E-state index contributed by atoms with van der Waals surface area (Å²) in [6, 6.07) is 0. The van der Waals surface area contributed by atoms with E-state index in [1.165, 1.54) is 0 Å². The maximum absolute atomic E-state index is 11.3. The maximum Gasteiger partial charge on any atom is 0.220 e. The van der Waals surface area contributed by atoms with Crippen LogP contribution in [0.1, 0.15) is 40.0 Å². The number of hydrogen-bond donors (Lipinski definition) is 1. The molecule has 4 nitrogen and oxygen atoms in total. The Bertz CT molecular complexity index is 172. The van der Waals surface area contributed by atoms with Gasteiger partial charge in [0.1, 0.15) is 0 Å². The van der Waals surface area contributed by atoms with Gasteiger partial charge in [0, 0.05) is 26.2 Å². The standard InChI is InChI=1S/C12H25NO3/c1-4-15-10-8-13-12(14)7-5-6-9-16-11(2)3/h11H,4-10H2,1-3H3,(H,13,14). The summed E-state index contributed by atoms with van der Waals surface area (Å²) in [5.74, 6) is 0.101. The first kappa shape index (κ1) is 15.4. The summed E-state index contributed by atoms with van der Waals surface area (Å²) >= 11 is 0. The zero-order valence-electron chi connectivity index (χ0n) is 10.8. The van der Waals surface area contributed by atoms with Gasteiger partial charge in [-0.2, -0.15) is 0 Å². The van der Waals surface area contributed by atoms with E-state index < -0.39 is 0 Å². The highest BCUT2D eigenvalue weighted by molar-refractivity contribution is 5.75. The van der Waals surface area contributed by atoms with Crippen molar-refractivity contribution in [3.8, 4) is 0 Å². The van der Waals surface area contributed by atoms with Crippen molar-refractivity contribution in [2.45, 2.75) is 46.1 Å². The van der Waals surface area contributed by atoms with Gasteiger partial charge in [-0.25, -0.2) is 0 Å². The van der Waals surface area contributed by atoms with Gasteiger partial charge >= 0.3 is 0 Å². The molecule has 16 heavy (non-hydrogen) atoms. The Kier molecular flexibility index (Phi) is 10.5. The molecule has 0 aromatic heterocycles. The lowest BCUT2D eigenvalue weighted by molar-refractivity contribution is -0.121. The fourth-order valence-corrected chi connectivity index (χ4v) is 1.20. The highest BCUT2D eigenvalue weighted by Crippen LogP contribution is 1.98. The molecule has 0 aromatic carbocycles. The normalized spacial score (nSPS) is 10.8. The van der Waals surface area contributed by atoms with Gasteiger partial charge < -0.3 is 14.8 Å². The molecule has 96 valence electrons. The minimum absolute atomic E-state index is 0.101. The van der Waals surface area contributed by atoms with E-state index in [2.05, 4.69) is 5.32 Å². The van der Waals surface area contributed by atoms with E-state index in [4.69, 9.17) is 9.47 Å². The molecule has 4 heteroatoms. The second-order valence-electron chi connectivity index (χ2n) is 3.92. The number of unbranched alkanes of at least 4 members (excludes halogenated alkanes) is 1. The number of ether oxygens (including phenoxy) is 2. The van der Waals surface area contributed by atoms with Crippen molar-refractivity contribution in [3.05, 3.63) is 0 Å². The van der Waals surface area contributed by atoms with Crippen LogP contribution in [-0.2, 0) is 14.3 Å². The first-order chi connectivity index (χ1) is 7.66. The van der Waals surface area contributed by atoms with Crippen molar-refractivity contribution in [1.29, 1.82) is 0 Å². The van der Waals surface area contributed by atoms with Gasteiger partial charge in [-0.1, -0.05) is 0 Å². The summed E-state index contributed by atoms with van der Waals surface area (Å²) in [6.45, 7) is 8.61. The quantitative estimate of drug-likeness (QED) is 0.582. The Hall–Kier alpha value is -0.610. The minimum Gasteiger partial charge on any atom is -0.380 e. The lowest BCUT2D eigenvalue weighted by Crippen LogP contribution is -2.27. The van der Waals surface area contributed by atoms with Crippen LogP contribution >= 0.6 is 0 Å². The van der Waals surface area contributed by atoms with Gasteiger partial charge in [0.25, 0.3) is 0 Å². The van der Waals surface area contributed by atoms with Gasteiger partial charge in [0.2, 0.25) is 5.91 Å². The van der Waals surface area contributed by atoms with Gasteiger partial charge in [0.05, 0.1) is 12.7 Å². The van der Waals surface area contributed by atoms with Crippen molar-refractivity contribution in [2.75, 3.05) is 26.4 Å². The maximum atomic E-state index is 11.3. The molecule has 0 saturated heterocycles. The highest BCUT2D eigenvalue weighted by atomic mass is 16.5. The van der Waals surface area contributed by atoms with E-state index in [1.54, 1.807) is 0 Å². The Morgan fingerprint density at radius 3 is 2.62 bits per heavy atom. The predicted molar refractivity (Wildman–Crippen MR) is 64.4 cm³/mol. The van der Waals surface area contributed by atoms with Gasteiger partial charge in [-0.05, 0) is 33.6 Å². The summed E-state index contributed by atoms with van der Waals surface area (Å²) in [5, 5.41) is 2.81. The van der Waals surface area contributed by atoms with E-state index in [-0.39, 0.29) is 12.0 Å². The molecule has 0 aliphatic heterocycles. The van der Waals surface area contributed by atoms with E-state index in [9.17, 15) is 4.79 Å². The third kappa shape index (κ3) is 11.5. The van der Waals surface area contributed by atoms with E-state index in [0.29, 0.717) is 26.2 Å². The number of amides is 1. The Morgan fingerprint density at radius 2 is 2.00 bits per heavy atom. The number of rotatable bonds is 10. The van der Waals surface area contributed by atoms with Crippen LogP contribution in [0, 0.1) is 0 Å². The molecule has 0 spiro atoms. The van der Waals surface area contributed by atoms with Crippen LogP contribution in [0.2, 0.25) is 0 Å². The molecule has 0 aliphatic carbocycles. The molecule has 0 unspecified atom stereocenters. The molecule has 1 N–H and O–H groups in total. The molecule has 0 heterocycles. The molecule has 0 aliphatic rings. The lowest BCUT2D eigenvalue weighted by Gasteiger charge is -2.07. The first-order valence-corrected chi connectivity index (χ1v) is 6.12. The summed E-state index contributed by atoms with van der Waals surface area (Å²) in [6.07, 6.45) is 2.68.